The van der Waals surface area contributed by atoms with E-state index in [1.54, 1.807) is 23.1 Å². The molecule has 0 fully saturated rings. The number of nitrogens with zero attached hydrogens (tertiary/aromatic N) is 2. The van der Waals surface area contributed by atoms with Crippen LogP contribution in [0.4, 0.5) is 0 Å². The molecule has 0 spiro atoms. The maximum Gasteiger partial charge on any atom is 0.176 e. The van der Waals surface area contributed by atoms with Crippen LogP contribution in [0, 0.1) is 6.92 Å². The average Bonchev–Trinajstić information content (AvgIpc) is 2.75. The van der Waals surface area contributed by atoms with Gasteiger partial charge in [-0.25, -0.2) is 0 Å². The largest absolute Gasteiger partial charge is 0.293 e. The molecule has 0 bridgehead atoms. The van der Waals surface area contributed by atoms with Gasteiger partial charge in [-0.1, -0.05) is 47.4 Å². The molecule has 5 heteroatoms. The molecule has 0 N–H and O–H groups in total. The Bertz CT molecular complexity index is 609. The number of ketones is 1. The normalized spacial score (nSPS) is 19.0. The molecule has 1 heterocycles. The first-order chi connectivity index (χ1) is 9.24. The van der Waals surface area contributed by atoms with Crippen molar-refractivity contribution in [2.24, 2.45) is 0 Å². The lowest BCUT2D eigenvalue weighted by molar-refractivity contribution is 0.0988. The smallest absolute Gasteiger partial charge is 0.176 e. The van der Waals surface area contributed by atoms with Gasteiger partial charge >= 0.3 is 0 Å². The predicted molar refractivity (Wildman–Crippen MR) is 78.0 cm³/mol. The molecule has 2 aromatic rings. The van der Waals surface area contributed by atoms with Crippen LogP contribution in [-0.4, -0.2) is 21.2 Å². The van der Waals surface area contributed by atoms with Crippen LogP contribution in [0.5, 0.6) is 0 Å². The van der Waals surface area contributed by atoms with E-state index in [9.17, 15) is 4.79 Å². The van der Waals surface area contributed by atoms with E-state index in [0.717, 1.165) is 34.2 Å². The minimum absolute atomic E-state index is 0.0176. The van der Waals surface area contributed by atoms with Crippen LogP contribution < -0.4 is 0 Å². The molecule has 3 rings (SSSR count). The van der Waals surface area contributed by atoms with Crippen LogP contribution in [0.15, 0.2) is 28.6 Å². The van der Waals surface area contributed by atoms with Crippen molar-refractivity contribution >= 4 is 28.9 Å². The van der Waals surface area contributed by atoms with E-state index in [2.05, 4.69) is 16.3 Å². The molecule has 98 valence electrons. The molecule has 1 atom stereocenters. The Balaban J connectivity index is 1.85. The quantitative estimate of drug-likeness (QED) is 0.794. The van der Waals surface area contributed by atoms with Gasteiger partial charge in [-0.15, -0.1) is 10.2 Å². The van der Waals surface area contributed by atoms with Crippen molar-refractivity contribution in [1.82, 2.24) is 10.2 Å². The number of thioether (sulfide) groups is 1. The number of carbonyl (C=O) groups is 1. The summed E-state index contributed by atoms with van der Waals surface area (Å²) in [5.41, 5.74) is 2.07. The van der Waals surface area contributed by atoms with Crippen molar-refractivity contribution in [2.75, 3.05) is 0 Å². The summed E-state index contributed by atoms with van der Waals surface area (Å²) < 4.78 is 0.898. The zero-order valence-corrected chi connectivity index (χ0v) is 12.3. The topological polar surface area (TPSA) is 42.9 Å². The summed E-state index contributed by atoms with van der Waals surface area (Å²) in [4.78, 5) is 12.6. The zero-order chi connectivity index (χ0) is 13.2. The monoisotopic (exact) mass is 290 g/mol. The Labute approximate surface area is 120 Å². The maximum atomic E-state index is 12.6. The van der Waals surface area contributed by atoms with Crippen molar-refractivity contribution in [3.05, 3.63) is 40.4 Å². The third-order valence-corrected chi connectivity index (χ3v) is 5.43. The molecule has 19 heavy (non-hydrogen) atoms. The second-order valence-electron chi connectivity index (χ2n) is 4.61. The summed E-state index contributed by atoms with van der Waals surface area (Å²) in [6.07, 6.45) is 2.96. The number of fused-ring (bicyclic) bond motifs is 1. The van der Waals surface area contributed by atoms with Gasteiger partial charge in [-0.05, 0) is 31.7 Å². The van der Waals surface area contributed by atoms with E-state index >= 15 is 0 Å². The van der Waals surface area contributed by atoms with Gasteiger partial charge in [0, 0.05) is 5.56 Å². The Kier molecular flexibility index (Phi) is 3.66. The summed E-state index contributed by atoms with van der Waals surface area (Å²) in [6, 6.07) is 7.96. The molecule has 1 aliphatic rings. The fourth-order valence-corrected chi connectivity index (χ4v) is 4.49. The zero-order valence-electron chi connectivity index (χ0n) is 10.6. The standard InChI is InChI=1S/C14H14N2OS2/c1-9-15-16-14(18-9)19-12-8-4-6-10-5-2-3-7-11(10)13(12)17/h2-3,5,7,12H,4,6,8H2,1H3. The highest BCUT2D eigenvalue weighted by Gasteiger charge is 2.27. The number of hydrogen-bond acceptors (Lipinski definition) is 5. The predicted octanol–water partition coefficient (Wildman–Crippen LogP) is 3.53. The van der Waals surface area contributed by atoms with E-state index in [1.165, 1.54) is 5.56 Å². The molecule has 0 radical (unpaired) electrons. The van der Waals surface area contributed by atoms with Gasteiger partial charge in [0.1, 0.15) is 5.01 Å². The second kappa shape index (κ2) is 5.43. The second-order valence-corrected chi connectivity index (χ2v) is 7.24. The lowest BCUT2D eigenvalue weighted by Gasteiger charge is -2.10. The van der Waals surface area contributed by atoms with Crippen molar-refractivity contribution in [3.63, 3.8) is 0 Å². The van der Waals surface area contributed by atoms with Crippen LogP contribution in [-0.2, 0) is 6.42 Å². The minimum atomic E-state index is -0.0176. The molecule has 1 unspecified atom stereocenters. The van der Waals surface area contributed by atoms with Gasteiger partial charge in [0.15, 0.2) is 10.1 Å². The number of Topliss-reactive ketones (excluding diaryl/α,β-unsaturated/α-hetero) is 1. The minimum Gasteiger partial charge on any atom is -0.293 e. The molecule has 0 saturated carbocycles. The molecule has 1 aliphatic carbocycles. The summed E-state index contributed by atoms with van der Waals surface area (Å²) >= 11 is 3.13. The highest BCUT2D eigenvalue weighted by Crippen LogP contribution is 2.33. The summed E-state index contributed by atoms with van der Waals surface area (Å²) in [5, 5.41) is 9.05. The molecular formula is C14H14N2OS2. The van der Waals surface area contributed by atoms with Gasteiger partial charge in [-0.3, -0.25) is 4.79 Å². The molecule has 1 aromatic carbocycles. The summed E-state index contributed by atoms with van der Waals surface area (Å²) in [5.74, 6) is 0.242. The molecule has 0 aliphatic heterocycles. The fraction of sp³-hybridized carbons (Fsp3) is 0.357. The molecule has 1 aromatic heterocycles. The van der Waals surface area contributed by atoms with E-state index in [4.69, 9.17) is 0 Å². The number of benzene rings is 1. The lowest BCUT2D eigenvalue weighted by Crippen LogP contribution is -2.16. The van der Waals surface area contributed by atoms with E-state index < -0.39 is 0 Å². The number of aryl methyl sites for hydroxylation is 2. The maximum absolute atomic E-state index is 12.6. The van der Waals surface area contributed by atoms with Crippen LogP contribution in [0.25, 0.3) is 0 Å². The van der Waals surface area contributed by atoms with Gasteiger partial charge < -0.3 is 0 Å². The van der Waals surface area contributed by atoms with Crippen LogP contribution in [0.1, 0.15) is 33.8 Å². The van der Waals surface area contributed by atoms with Gasteiger partial charge in [0.2, 0.25) is 0 Å². The number of aromatic nitrogens is 2. The number of hydrogen-bond donors (Lipinski definition) is 0. The van der Waals surface area contributed by atoms with E-state index in [0.29, 0.717) is 0 Å². The van der Waals surface area contributed by atoms with Crippen molar-refractivity contribution in [3.8, 4) is 0 Å². The highest BCUT2D eigenvalue weighted by molar-refractivity contribution is 8.02. The Morgan fingerprint density at radius 3 is 2.95 bits per heavy atom. The summed E-state index contributed by atoms with van der Waals surface area (Å²) in [6.45, 7) is 1.94. The lowest BCUT2D eigenvalue weighted by atomic mass is 10.0. The Hall–Kier alpha value is -1.20. The van der Waals surface area contributed by atoms with Crippen molar-refractivity contribution < 1.29 is 4.79 Å². The summed E-state index contributed by atoms with van der Waals surface area (Å²) in [7, 11) is 0. The van der Waals surface area contributed by atoms with Gasteiger partial charge in [0.25, 0.3) is 0 Å². The first-order valence-corrected chi connectivity index (χ1v) is 8.02. The third-order valence-electron chi connectivity index (χ3n) is 3.24. The van der Waals surface area contributed by atoms with Crippen molar-refractivity contribution in [1.29, 1.82) is 0 Å². The Morgan fingerprint density at radius 2 is 2.16 bits per heavy atom. The molecule has 0 saturated heterocycles. The fourth-order valence-electron chi connectivity index (χ4n) is 2.32. The van der Waals surface area contributed by atoms with Crippen LogP contribution in [0.3, 0.4) is 0 Å². The number of rotatable bonds is 2. The van der Waals surface area contributed by atoms with E-state index in [1.807, 2.05) is 25.1 Å². The van der Waals surface area contributed by atoms with E-state index in [-0.39, 0.29) is 11.0 Å². The molecule has 0 amide bonds. The van der Waals surface area contributed by atoms with Crippen LogP contribution in [0.2, 0.25) is 0 Å². The first-order valence-electron chi connectivity index (χ1n) is 6.33. The first kappa shape index (κ1) is 12.8. The average molecular weight is 290 g/mol. The SMILES string of the molecule is Cc1nnc(SC2CCCc3ccccc3C2=O)s1. The third kappa shape index (κ3) is 2.72. The molecule has 3 nitrogen and oxygen atoms in total. The molecular weight excluding hydrogens is 276 g/mol. The van der Waals surface area contributed by atoms with Crippen LogP contribution >= 0.6 is 23.1 Å². The Morgan fingerprint density at radius 1 is 1.32 bits per heavy atom. The van der Waals surface area contributed by atoms with Gasteiger partial charge in [-0.2, -0.15) is 0 Å². The highest BCUT2D eigenvalue weighted by atomic mass is 32.2. The van der Waals surface area contributed by atoms with Gasteiger partial charge in [0.05, 0.1) is 5.25 Å². The number of carbonyl (C=O) groups excluding carboxylic acids is 1. The van der Waals surface area contributed by atoms with Crippen molar-refractivity contribution in [2.45, 2.75) is 35.8 Å².